The molecule has 1 rings (SSSR count). The average molecular weight is 239 g/mol. The van der Waals surface area contributed by atoms with Crippen molar-refractivity contribution in [1.29, 1.82) is 0 Å². The van der Waals surface area contributed by atoms with Crippen LogP contribution in [0.5, 0.6) is 0 Å². The summed E-state index contributed by atoms with van der Waals surface area (Å²) < 4.78 is 18.3. The third kappa shape index (κ3) is 4.22. The quantitative estimate of drug-likeness (QED) is 0.369. The standard InChI is InChI=1S/C12H14FNO3/c1-2-17-12(15)8-9-3-4-10(5-6-14-16)11(13)7-9/h3-4,6-7,16H,2,5,8H2,1H3. The van der Waals surface area contributed by atoms with Crippen LogP contribution in [-0.4, -0.2) is 24.0 Å². The van der Waals surface area contributed by atoms with Crippen LogP contribution in [-0.2, 0) is 22.4 Å². The summed E-state index contributed by atoms with van der Waals surface area (Å²) in [6.45, 7) is 2.03. The molecular formula is C12H14FNO3. The van der Waals surface area contributed by atoms with Crippen molar-refractivity contribution < 1.29 is 19.1 Å². The first kappa shape index (κ1) is 13.2. The van der Waals surface area contributed by atoms with Crippen molar-refractivity contribution in [2.75, 3.05) is 6.61 Å². The topological polar surface area (TPSA) is 58.9 Å². The van der Waals surface area contributed by atoms with Gasteiger partial charge in [-0.1, -0.05) is 12.1 Å². The van der Waals surface area contributed by atoms with Gasteiger partial charge in [0.25, 0.3) is 0 Å². The van der Waals surface area contributed by atoms with Crippen molar-refractivity contribution in [3.63, 3.8) is 0 Å². The Balaban J connectivity index is 2.71. The zero-order valence-corrected chi connectivity index (χ0v) is 9.52. The van der Waals surface area contributed by atoms with Crippen molar-refractivity contribution in [3.05, 3.63) is 35.1 Å². The molecule has 0 atom stereocenters. The van der Waals surface area contributed by atoms with Gasteiger partial charge in [0.2, 0.25) is 0 Å². The molecule has 0 aromatic heterocycles. The smallest absolute Gasteiger partial charge is 0.310 e. The molecule has 17 heavy (non-hydrogen) atoms. The molecule has 0 aliphatic carbocycles. The van der Waals surface area contributed by atoms with Crippen LogP contribution in [0.15, 0.2) is 23.4 Å². The first-order valence-corrected chi connectivity index (χ1v) is 5.26. The molecule has 0 radical (unpaired) electrons. The van der Waals surface area contributed by atoms with E-state index in [2.05, 4.69) is 5.16 Å². The highest BCUT2D eigenvalue weighted by Crippen LogP contribution is 2.11. The van der Waals surface area contributed by atoms with Crippen LogP contribution < -0.4 is 0 Å². The number of hydrogen-bond acceptors (Lipinski definition) is 4. The van der Waals surface area contributed by atoms with Gasteiger partial charge < -0.3 is 9.94 Å². The summed E-state index contributed by atoms with van der Waals surface area (Å²) in [7, 11) is 0. The molecule has 4 nitrogen and oxygen atoms in total. The predicted octanol–water partition coefficient (Wildman–Crippen LogP) is 1.93. The number of benzene rings is 1. The summed E-state index contributed by atoms with van der Waals surface area (Å²) in [5, 5.41) is 11.0. The number of carbonyl (C=O) groups is 1. The maximum absolute atomic E-state index is 13.5. The fourth-order valence-corrected chi connectivity index (χ4v) is 1.38. The molecule has 0 saturated carbocycles. The summed E-state index contributed by atoms with van der Waals surface area (Å²) >= 11 is 0. The van der Waals surface area contributed by atoms with Crippen LogP contribution in [0, 0.1) is 5.82 Å². The molecule has 0 fully saturated rings. The zero-order valence-electron chi connectivity index (χ0n) is 9.52. The Morgan fingerprint density at radius 3 is 2.94 bits per heavy atom. The third-order valence-electron chi connectivity index (χ3n) is 2.16. The van der Waals surface area contributed by atoms with E-state index >= 15 is 0 Å². The van der Waals surface area contributed by atoms with E-state index in [1.54, 1.807) is 19.1 Å². The Hall–Kier alpha value is -1.91. The molecule has 0 spiro atoms. The Morgan fingerprint density at radius 2 is 2.35 bits per heavy atom. The van der Waals surface area contributed by atoms with Crippen molar-refractivity contribution in [2.24, 2.45) is 5.16 Å². The van der Waals surface area contributed by atoms with Crippen molar-refractivity contribution >= 4 is 12.2 Å². The Kier molecular flexibility index (Phi) is 5.13. The van der Waals surface area contributed by atoms with Gasteiger partial charge in [-0.2, -0.15) is 0 Å². The molecule has 1 aromatic carbocycles. The summed E-state index contributed by atoms with van der Waals surface area (Å²) in [5.74, 6) is -0.803. The SMILES string of the molecule is CCOC(=O)Cc1ccc(CC=NO)c(F)c1. The lowest BCUT2D eigenvalue weighted by molar-refractivity contribution is -0.142. The van der Waals surface area contributed by atoms with Gasteiger partial charge in [-0.05, 0) is 24.1 Å². The summed E-state index contributed by atoms with van der Waals surface area (Å²) in [4.78, 5) is 11.2. The van der Waals surface area contributed by atoms with E-state index in [0.717, 1.165) is 0 Å². The molecule has 0 saturated heterocycles. The van der Waals surface area contributed by atoms with Crippen molar-refractivity contribution in [3.8, 4) is 0 Å². The van der Waals surface area contributed by atoms with Gasteiger partial charge in [-0.15, -0.1) is 5.16 Å². The minimum absolute atomic E-state index is 0.0547. The highest BCUT2D eigenvalue weighted by atomic mass is 19.1. The van der Waals surface area contributed by atoms with Gasteiger partial charge in [0, 0.05) is 12.6 Å². The number of esters is 1. The average Bonchev–Trinajstić information content (AvgIpc) is 2.28. The van der Waals surface area contributed by atoms with Gasteiger partial charge >= 0.3 is 5.97 Å². The van der Waals surface area contributed by atoms with Crippen LogP contribution >= 0.6 is 0 Å². The highest BCUT2D eigenvalue weighted by molar-refractivity contribution is 5.72. The van der Waals surface area contributed by atoms with Crippen molar-refractivity contribution in [2.45, 2.75) is 19.8 Å². The second-order valence-electron chi connectivity index (χ2n) is 3.41. The number of nitrogens with zero attached hydrogens (tertiary/aromatic N) is 1. The number of halogens is 1. The monoisotopic (exact) mass is 239 g/mol. The Morgan fingerprint density at radius 1 is 1.59 bits per heavy atom. The van der Waals surface area contributed by atoms with Gasteiger partial charge in [0.05, 0.1) is 13.0 Å². The number of hydrogen-bond donors (Lipinski definition) is 1. The molecule has 0 amide bonds. The lowest BCUT2D eigenvalue weighted by Crippen LogP contribution is -2.08. The minimum atomic E-state index is -0.424. The molecule has 5 heteroatoms. The van der Waals surface area contributed by atoms with Crippen LogP contribution in [0.3, 0.4) is 0 Å². The maximum Gasteiger partial charge on any atom is 0.310 e. The lowest BCUT2D eigenvalue weighted by atomic mass is 10.1. The van der Waals surface area contributed by atoms with E-state index in [4.69, 9.17) is 9.94 Å². The maximum atomic E-state index is 13.5. The van der Waals surface area contributed by atoms with E-state index in [9.17, 15) is 9.18 Å². The minimum Gasteiger partial charge on any atom is -0.466 e. The predicted molar refractivity (Wildman–Crippen MR) is 60.7 cm³/mol. The van der Waals surface area contributed by atoms with E-state index in [1.165, 1.54) is 12.3 Å². The number of carbonyl (C=O) groups excluding carboxylic acids is 1. The summed E-state index contributed by atoms with van der Waals surface area (Å²) in [6, 6.07) is 4.50. The molecule has 0 heterocycles. The largest absolute Gasteiger partial charge is 0.466 e. The van der Waals surface area contributed by atoms with Crippen molar-refractivity contribution in [1.82, 2.24) is 0 Å². The molecule has 1 N–H and O–H groups in total. The van der Waals surface area contributed by atoms with Gasteiger partial charge in [-0.3, -0.25) is 4.79 Å². The number of oxime groups is 1. The van der Waals surface area contributed by atoms with E-state index in [-0.39, 0.29) is 18.8 Å². The first-order chi connectivity index (χ1) is 8.17. The van der Waals surface area contributed by atoms with Crippen LogP contribution in [0.4, 0.5) is 4.39 Å². The summed E-state index contributed by atoms with van der Waals surface area (Å²) in [5.41, 5.74) is 0.973. The molecule has 1 aromatic rings. The Bertz CT molecular complexity index is 418. The molecule has 0 bridgehead atoms. The van der Waals surface area contributed by atoms with Crippen LogP contribution in [0.1, 0.15) is 18.1 Å². The van der Waals surface area contributed by atoms with Crippen LogP contribution in [0.2, 0.25) is 0 Å². The molecular weight excluding hydrogens is 225 g/mol. The van der Waals surface area contributed by atoms with Gasteiger partial charge in [0.1, 0.15) is 5.82 Å². The summed E-state index contributed by atoms with van der Waals surface area (Å²) in [6.07, 6.45) is 1.46. The second-order valence-corrected chi connectivity index (χ2v) is 3.41. The molecule has 0 aliphatic rings. The highest BCUT2D eigenvalue weighted by Gasteiger charge is 2.07. The first-order valence-electron chi connectivity index (χ1n) is 5.26. The Labute approximate surface area is 98.7 Å². The molecule has 92 valence electrons. The fraction of sp³-hybridized carbons (Fsp3) is 0.333. The number of ether oxygens (including phenoxy) is 1. The normalized spacial score (nSPS) is 10.7. The van der Waals surface area contributed by atoms with E-state index < -0.39 is 5.82 Å². The second kappa shape index (κ2) is 6.62. The third-order valence-corrected chi connectivity index (χ3v) is 2.16. The fourth-order valence-electron chi connectivity index (χ4n) is 1.38. The lowest BCUT2D eigenvalue weighted by Gasteiger charge is -2.04. The molecule has 0 aliphatic heterocycles. The van der Waals surface area contributed by atoms with Crippen LogP contribution in [0.25, 0.3) is 0 Å². The molecule has 0 unspecified atom stereocenters. The van der Waals surface area contributed by atoms with E-state index in [1.807, 2.05) is 0 Å². The number of rotatable bonds is 5. The zero-order chi connectivity index (χ0) is 12.7. The van der Waals surface area contributed by atoms with E-state index in [0.29, 0.717) is 17.7 Å². The van der Waals surface area contributed by atoms with Gasteiger partial charge in [0.15, 0.2) is 0 Å². The van der Waals surface area contributed by atoms with Gasteiger partial charge in [-0.25, -0.2) is 4.39 Å².